The van der Waals surface area contributed by atoms with Crippen molar-refractivity contribution in [3.63, 3.8) is 0 Å². The van der Waals surface area contributed by atoms with E-state index in [-0.39, 0.29) is 41.3 Å². The van der Waals surface area contributed by atoms with Gasteiger partial charge in [0.05, 0.1) is 36.1 Å². The van der Waals surface area contributed by atoms with E-state index < -0.39 is 17.3 Å². The van der Waals surface area contributed by atoms with Gasteiger partial charge in [0.25, 0.3) is 0 Å². The van der Waals surface area contributed by atoms with E-state index in [4.69, 9.17) is 4.74 Å². The van der Waals surface area contributed by atoms with Crippen molar-refractivity contribution in [2.45, 2.75) is 103 Å². The van der Waals surface area contributed by atoms with Crippen molar-refractivity contribution < 1.29 is 27.8 Å². The maximum absolute atomic E-state index is 13.4. The molecule has 2 bridgehead atoms. The molecule has 1 aliphatic heterocycles. The van der Waals surface area contributed by atoms with Crippen molar-refractivity contribution in [2.24, 2.45) is 40.4 Å². The highest BCUT2D eigenvalue weighted by molar-refractivity contribution is 5.82. The maximum atomic E-state index is 13.4. The Labute approximate surface area is 204 Å². The minimum atomic E-state index is -4.45. The highest BCUT2D eigenvalue weighted by Gasteiger charge is 2.69. The smallest absolute Gasteiger partial charge is 0.390 e. The Kier molecular flexibility index (Phi) is 5.17. The van der Waals surface area contributed by atoms with E-state index in [2.05, 4.69) is 18.9 Å². The molecule has 1 N–H and O–H groups in total. The predicted octanol–water partition coefficient (Wildman–Crippen LogP) is 5.26. The number of rotatable bonds is 3. The van der Waals surface area contributed by atoms with Crippen molar-refractivity contribution in [1.29, 1.82) is 0 Å². The number of carbonyl (C=O) groups excluding carboxylic acids is 1. The molecule has 1 aromatic heterocycles. The SMILES string of the molecule is C[C@H]1O[C@@H]2C[C@@H]3C(CC[C@]4(C)[C@@H](C(=O)Cn5cc(C(F)(F)F)cn5)CC[C@@H]34)[C@]13CC[C@@](C)(O)CC23. The van der Waals surface area contributed by atoms with Gasteiger partial charge in [-0.15, -0.1) is 0 Å². The molecule has 0 spiro atoms. The summed E-state index contributed by atoms with van der Waals surface area (Å²) in [5.41, 5.74) is -1.42. The molecule has 5 fully saturated rings. The second kappa shape index (κ2) is 7.56. The fourth-order valence-electron chi connectivity index (χ4n) is 9.83. The van der Waals surface area contributed by atoms with E-state index in [1.165, 1.54) is 0 Å². The quantitative estimate of drug-likeness (QED) is 0.623. The number of nitrogens with zero attached hydrogens (tertiary/aromatic N) is 2. The maximum Gasteiger partial charge on any atom is 0.419 e. The molecule has 10 atom stereocenters. The van der Waals surface area contributed by atoms with Crippen LogP contribution in [0.2, 0.25) is 0 Å². The summed E-state index contributed by atoms with van der Waals surface area (Å²) in [6.45, 7) is 6.37. The molecule has 8 heteroatoms. The number of hydrogen-bond donors (Lipinski definition) is 1. The first-order valence-corrected chi connectivity index (χ1v) is 13.4. The molecule has 35 heavy (non-hydrogen) atoms. The lowest BCUT2D eigenvalue weighted by Crippen LogP contribution is -2.59. The van der Waals surface area contributed by atoms with Crippen LogP contribution >= 0.6 is 0 Å². The Bertz CT molecular complexity index is 1020. The number of carbonyl (C=O) groups is 1. The van der Waals surface area contributed by atoms with Gasteiger partial charge in [-0.05, 0) is 94.3 Å². The number of halogens is 3. The second-order valence-corrected chi connectivity index (χ2v) is 12.9. The van der Waals surface area contributed by atoms with Crippen molar-refractivity contribution in [3.05, 3.63) is 18.0 Å². The number of aliphatic hydroxyl groups is 1. The number of Topliss-reactive ketones (excluding diaryl/α,β-unsaturated/α-hetero) is 1. The van der Waals surface area contributed by atoms with Crippen molar-refractivity contribution >= 4 is 5.78 Å². The number of alkyl halides is 3. The van der Waals surface area contributed by atoms with E-state index in [0.29, 0.717) is 23.7 Å². The van der Waals surface area contributed by atoms with Crippen LogP contribution in [0.15, 0.2) is 12.4 Å². The molecule has 5 aliphatic rings. The monoisotopic (exact) mass is 494 g/mol. The molecule has 0 radical (unpaired) electrons. The highest BCUT2D eigenvalue weighted by atomic mass is 19.4. The molecule has 0 aromatic carbocycles. The van der Waals surface area contributed by atoms with E-state index in [1.54, 1.807) is 0 Å². The first-order chi connectivity index (χ1) is 16.3. The third-order valence-corrected chi connectivity index (χ3v) is 11.3. The van der Waals surface area contributed by atoms with Crippen LogP contribution in [-0.4, -0.2) is 38.5 Å². The van der Waals surface area contributed by atoms with Crippen LogP contribution < -0.4 is 0 Å². The van der Waals surface area contributed by atoms with Crippen LogP contribution in [-0.2, 0) is 22.3 Å². The molecule has 1 aromatic rings. The van der Waals surface area contributed by atoms with Crippen LogP contribution in [0.3, 0.4) is 0 Å². The molecule has 6 rings (SSSR count). The van der Waals surface area contributed by atoms with Crippen molar-refractivity contribution in [2.75, 3.05) is 0 Å². The van der Waals surface area contributed by atoms with Crippen molar-refractivity contribution in [3.8, 4) is 0 Å². The zero-order valence-corrected chi connectivity index (χ0v) is 20.9. The molecule has 4 aliphatic carbocycles. The zero-order valence-electron chi connectivity index (χ0n) is 20.9. The van der Waals surface area contributed by atoms with Gasteiger partial charge < -0.3 is 9.84 Å². The van der Waals surface area contributed by atoms with Crippen LogP contribution in [0, 0.1) is 40.4 Å². The lowest BCUT2D eigenvalue weighted by Gasteiger charge is -2.61. The fraction of sp³-hybridized carbons (Fsp3) is 0.852. The summed E-state index contributed by atoms with van der Waals surface area (Å²) in [7, 11) is 0. The lowest BCUT2D eigenvalue weighted by atomic mass is 9.42. The Balaban J connectivity index is 1.23. The lowest BCUT2D eigenvalue weighted by molar-refractivity contribution is -0.148. The molecule has 1 saturated heterocycles. The number of ketones is 1. The summed E-state index contributed by atoms with van der Waals surface area (Å²) in [6, 6.07) is 0. The molecular weight excluding hydrogens is 457 g/mol. The van der Waals surface area contributed by atoms with E-state index in [9.17, 15) is 23.1 Å². The minimum absolute atomic E-state index is 0.0124. The standard InChI is InChI=1S/C27H37F3N2O3/c1-15-26-9-8-24(2,34)11-21(26)23(35-15)10-17-18-4-5-20(25(18,3)7-6-19(17)26)22(33)14-32-13-16(12-31-32)27(28,29)30/h12-13,15,17-21,23,34H,4-11,14H2,1-3H3/t15-,17+,18+,19?,20-,21?,23-,24-,25+,26+/m1/s1. The second-order valence-electron chi connectivity index (χ2n) is 12.9. The Morgan fingerprint density at radius 2 is 1.94 bits per heavy atom. The van der Waals surface area contributed by atoms with Crippen LogP contribution in [0.5, 0.6) is 0 Å². The van der Waals surface area contributed by atoms with E-state index >= 15 is 0 Å². The van der Waals surface area contributed by atoms with Gasteiger partial charge in [-0.3, -0.25) is 9.48 Å². The molecule has 2 heterocycles. The Morgan fingerprint density at radius 3 is 2.66 bits per heavy atom. The van der Waals surface area contributed by atoms with Crippen LogP contribution in [0.1, 0.15) is 77.7 Å². The van der Waals surface area contributed by atoms with Gasteiger partial charge in [-0.1, -0.05) is 6.92 Å². The molecule has 4 saturated carbocycles. The summed E-state index contributed by atoms with van der Waals surface area (Å²) in [5, 5.41) is 14.7. The first kappa shape index (κ1) is 24.0. The van der Waals surface area contributed by atoms with Crippen LogP contribution in [0.25, 0.3) is 0 Å². The summed E-state index contributed by atoms with van der Waals surface area (Å²) in [4.78, 5) is 13.4. The van der Waals surface area contributed by atoms with Gasteiger partial charge in [0.1, 0.15) is 0 Å². The first-order valence-electron chi connectivity index (χ1n) is 13.4. The molecule has 2 unspecified atom stereocenters. The van der Waals surface area contributed by atoms with Gasteiger partial charge in [-0.2, -0.15) is 18.3 Å². The van der Waals surface area contributed by atoms with Gasteiger partial charge >= 0.3 is 6.18 Å². The average Bonchev–Trinajstić information content (AvgIpc) is 3.41. The number of ether oxygens (including phenoxy) is 1. The molecule has 5 nitrogen and oxygen atoms in total. The largest absolute Gasteiger partial charge is 0.419 e. The minimum Gasteiger partial charge on any atom is -0.390 e. The summed E-state index contributed by atoms with van der Waals surface area (Å²) >= 11 is 0. The number of hydrogen-bond acceptors (Lipinski definition) is 4. The van der Waals surface area contributed by atoms with Gasteiger partial charge in [0.15, 0.2) is 5.78 Å². The Hall–Kier alpha value is -1.41. The fourth-order valence-corrected chi connectivity index (χ4v) is 9.83. The highest BCUT2D eigenvalue weighted by Crippen LogP contribution is 2.71. The zero-order chi connectivity index (χ0) is 25.0. The summed E-state index contributed by atoms with van der Waals surface area (Å²) in [6.07, 6.45) is 5.18. The Morgan fingerprint density at radius 1 is 1.17 bits per heavy atom. The average molecular weight is 495 g/mol. The number of aromatic nitrogens is 2. The molecule has 0 amide bonds. The normalized spacial score (nSPS) is 48.8. The van der Waals surface area contributed by atoms with Gasteiger partial charge in [0, 0.05) is 17.5 Å². The van der Waals surface area contributed by atoms with Crippen LogP contribution in [0.4, 0.5) is 13.2 Å². The molecular formula is C27H37F3N2O3. The van der Waals surface area contributed by atoms with Gasteiger partial charge in [0.2, 0.25) is 0 Å². The summed E-state index contributed by atoms with van der Waals surface area (Å²) < 4.78 is 46.7. The van der Waals surface area contributed by atoms with Crippen molar-refractivity contribution in [1.82, 2.24) is 9.78 Å². The van der Waals surface area contributed by atoms with E-state index in [1.807, 2.05) is 6.92 Å². The topological polar surface area (TPSA) is 64.4 Å². The molecule has 194 valence electrons. The third kappa shape index (κ3) is 3.41. The predicted molar refractivity (Wildman–Crippen MR) is 122 cm³/mol. The van der Waals surface area contributed by atoms with Gasteiger partial charge in [-0.25, -0.2) is 0 Å². The third-order valence-electron chi connectivity index (χ3n) is 11.3. The number of fused-ring (bicyclic) bond motifs is 3. The summed E-state index contributed by atoms with van der Waals surface area (Å²) in [5.74, 6) is 1.80. The van der Waals surface area contributed by atoms with E-state index in [0.717, 1.165) is 68.4 Å².